The van der Waals surface area contributed by atoms with Crippen molar-refractivity contribution in [3.05, 3.63) is 52.0 Å². The molecule has 0 aliphatic carbocycles. The molecule has 0 aliphatic heterocycles. The fraction of sp³-hybridized carbons (Fsp3) is 0.0909. The van der Waals surface area contributed by atoms with E-state index < -0.39 is 17.4 Å². The maximum absolute atomic E-state index is 13.3. The average molecular weight is 239 g/mol. The number of benzene rings is 1. The Kier molecular flexibility index (Phi) is 3.05. The second-order valence-electron chi connectivity index (χ2n) is 3.17. The van der Waals surface area contributed by atoms with Crippen LogP contribution in [0.15, 0.2) is 29.9 Å². The molecular weight excluding hydrogens is 232 g/mol. The van der Waals surface area contributed by atoms with Gasteiger partial charge in [0.05, 0.1) is 11.1 Å². The van der Waals surface area contributed by atoms with Crippen molar-refractivity contribution in [2.75, 3.05) is 0 Å². The topological polar surface area (TPSA) is 30.0 Å². The standard InChI is InChI=1S/C11H7F2NOS/c12-9-3-1-2-8(11(9)13)10(15)4-7-5-14-6-16-7/h1-3,5-6H,4H2. The minimum absolute atomic E-state index is 0.0467. The van der Waals surface area contributed by atoms with Gasteiger partial charge in [0.2, 0.25) is 0 Å². The third kappa shape index (κ3) is 2.14. The number of rotatable bonds is 3. The minimum atomic E-state index is -1.09. The van der Waals surface area contributed by atoms with Crippen LogP contribution in [0.4, 0.5) is 8.78 Å². The first-order valence-electron chi connectivity index (χ1n) is 4.53. The van der Waals surface area contributed by atoms with Gasteiger partial charge in [-0.15, -0.1) is 11.3 Å². The monoisotopic (exact) mass is 239 g/mol. The third-order valence-corrected chi connectivity index (χ3v) is 2.85. The van der Waals surface area contributed by atoms with Gasteiger partial charge in [0.25, 0.3) is 0 Å². The molecule has 1 aromatic heterocycles. The molecule has 5 heteroatoms. The van der Waals surface area contributed by atoms with Crippen molar-refractivity contribution in [2.24, 2.45) is 0 Å². The van der Waals surface area contributed by atoms with Crippen LogP contribution in [0.1, 0.15) is 15.2 Å². The summed E-state index contributed by atoms with van der Waals surface area (Å²) < 4.78 is 26.2. The van der Waals surface area contributed by atoms with Crippen molar-refractivity contribution in [1.29, 1.82) is 0 Å². The summed E-state index contributed by atoms with van der Waals surface area (Å²) in [6.45, 7) is 0. The predicted octanol–water partition coefficient (Wildman–Crippen LogP) is 2.85. The quantitative estimate of drug-likeness (QED) is 0.771. The summed E-state index contributed by atoms with van der Waals surface area (Å²) in [6, 6.07) is 3.58. The molecule has 0 N–H and O–H groups in total. The number of carbonyl (C=O) groups excluding carboxylic acids is 1. The molecule has 16 heavy (non-hydrogen) atoms. The highest BCUT2D eigenvalue weighted by Gasteiger charge is 2.15. The van der Waals surface area contributed by atoms with Crippen LogP contribution in [0.5, 0.6) is 0 Å². The highest BCUT2D eigenvalue weighted by atomic mass is 32.1. The van der Waals surface area contributed by atoms with Gasteiger partial charge in [-0.2, -0.15) is 0 Å². The molecule has 0 aliphatic rings. The molecule has 0 saturated carbocycles. The number of halogens is 2. The van der Waals surface area contributed by atoms with Crippen molar-refractivity contribution in [1.82, 2.24) is 4.98 Å². The SMILES string of the molecule is O=C(Cc1cncs1)c1cccc(F)c1F. The normalized spacial score (nSPS) is 10.4. The number of hydrogen-bond acceptors (Lipinski definition) is 3. The average Bonchev–Trinajstić information content (AvgIpc) is 2.74. The lowest BCUT2D eigenvalue weighted by atomic mass is 10.1. The number of nitrogens with zero attached hydrogens (tertiary/aromatic N) is 1. The van der Waals surface area contributed by atoms with E-state index in [4.69, 9.17) is 0 Å². The Labute approximate surface area is 94.6 Å². The predicted molar refractivity (Wildman–Crippen MR) is 56.5 cm³/mol. The first-order chi connectivity index (χ1) is 7.68. The largest absolute Gasteiger partial charge is 0.294 e. The lowest BCUT2D eigenvalue weighted by Crippen LogP contribution is -2.06. The summed E-state index contributed by atoms with van der Waals surface area (Å²) in [4.78, 5) is 16.2. The van der Waals surface area contributed by atoms with Gasteiger partial charge in [-0.1, -0.05) is 6.07 Å². The van der Waals surface area contributed by atoms with Crippen molar-refractivity contribution in [2.45, 2.75) is 6.42 Å². The first-order valence-corrected chi connectivity index (χ1v) is 5.41. The maximum Gasteiger partial charge on any atom is 0.171 e. The van der Waals surface area contributed by atoms with Crippen molar-refractivity contribution >= 4 is 17.1 Å². The highest BCUT2D eigenvalue weighted by molar-refractivity contribution is 7.09. The molecule has 0 atom stereocenters. The van der Waals surface area contributed by atoms with Crippen molar-refractivity contribution in [3.63, 3.8) is 0 Å². The summed E-state index contributed by atoms with van der Waals surface area (Å²) in [6.07, 6.45) is 1.59. The minimum Gasteiger partial charge on any atom is -0.294 e. The molecule has 1 heterocycles. The van der Waals surface area contributed by atoms with Crippen LogP contribution in [-0.2, 0) is 6.42 Å². The van der Waals surface area contributed by atoms with Crippen LogP contribution in [0.25, 0.3) is 0 Å². The summed E-state index contributed by atoms with van der Waals surface area (Å²) >= 11 is 1.31. The molecule has 2 aromatic rings. The van der Waals surface area contributed by atoms with E-state index in [2.05, 4.69) is 4.98 Å². The molecule has 0 amide bonds. The lowest BCUT2D eigenvalue weighted by Gasteiger charge is -2.01. The zero-order valence-corrected chi connectivity index (χ0v) is 8.93. The van der Waals surface area contributed by atoms with Gasteiger partial charge >= 0.3 is 0 Å². The Bertz CT molecular complexity index is 511. The second kappa shape index (κ2) is 4.49. The van der Waals surface area contributed by atoms with Crippen molar-refractivity contribution in [3.8, 4) is 0 Å². The Balaban J connectivity index is 2.24. The Morgan fingerprint density at radius 3 is 2.88 bits per heavy atom. The summed E-state index contributed by atoms with van der Waals surface area (Å²) in [7, 11) is 0. The van der Waals surface area contributed by atoms with Gasteiger partial charge in [-0.05, 0) is 12.1 Å². The fourth-order valence-electron chi connectivity index (χ4n) is 1.30. The molecule has 0 saturated heterocycles. The molecule has 1 aromatic carbocycles. The summed E-state index contributed by atoms with van der Waals surface area (Å²) in [5.41, 5.74) is 1.37. The van der Waals surface area contributed by atoms with Crippen LogP contribution in [0, 0.1) is 11.6 Å². The van der Waals surface area contributed by atoms with E-state index in [0.717, 1.165) is 10.9 Å². The van der Waals surface area contributed by atoms with Gasteiger partial charge in [-0.3, -0.25) is 9.78 Å². The number of ketones is 1. The van der Waals surface area contributed by atoms with Crippen LogP contribution in [0.3, 0.4) is 0 Å². The number of aromatic nitrogens is 1. The zero-order chi connectivity index (χ0) is 11.5. The van der Waals surface area contributed by atoms with Crippen LogP contribution < -0.4 is 0 Å². The van der Waals surface area contributed by atoms with Gasteiger partial charge in [0.15, 0.2) is 17.4 Å². The van der Waals surface area contributed by atoms with Crippen LogP contribution in [-0.4, -0.2) is 10.8 Å². The first kappa shape index (κ1) is 10.9. The molecule has 0 fully saturated rings. The second-order valence-corrected chi connectivity index (χ2v) is 4.14. The van der Waals surface area contributed by atoms with Gasteiger partial charge < -0.3 is 0 Å². The smallest absolute Gasteiger partial charge is 0.171 e. The third-order valence-electron chi connectivity index (χ3n) is 2.07. The highest BCUT2D eigenvalue weighted by Crippen LogP contribution is 2.15. The molecule has 82 valence electrons. The zero-order valence-electron chi connectivity index (χ0n) is 8.11. The molecule has 2 nitrogen and oxygen atoms in total. The molecule has 0 bridgehead atoms. The number of carbonyl (C=O) groups is 1. The van der Waals surface area contributed by atoms with Gasteiger partial charge in [0.1, 0.15) is 0 Å². The van der Waals surface area contributed by atoms with Crippen LogP contribution in [0.2, 0.25) is 0 Å². The molecule has 0 unspecified atom stereocenters. The van der Waals surface area contributed by atoms with Crippen LogP contribution >= 0.6 is 11.3 Å². The molecule has 2 rings (SSSR count). The maximum atomic E-state index is 13.3. The Morgan fingerprint density at radius 1 is 1.38 bits per heavy atom. The van der Waals surface area contributed by atoms with Gasteiger partial charge in [-0.25, -0.2) is 8.78 Å². The number of thiazole rings is 1. The Hall–Kier alpha value is -1.62. The lowest BCUT2D eigenvalue weighted by molar-refractivity contribution is 0.0989. The van der Waals surface area contributed by atoms with Gasteiger partial charge in [0, 0.05) is 17.5 Å². The number of Topliss-reactive ketones (excluding diaryl/α,β-unsaturated/α-hetero) is 1. The Morgan fingerprint density at radius 2 is 2.19 bits per heavy atom. The van der Waals surface area contributed by atoms with E-state index >= 15 is 0 Å². The molecule has 0 radical (unpaired) electrons. The van der Waals surface area contributed by atoms with E-state index in [-0.39, 0.29) is 12.0 Å². The van der Waals surface area contributed by atoms with E-state index in [0.29, 0.717) is 0 Å². The number of hydrogen-bond donors (Lipinski definition) is 0. The van der Waals surface area contributed by atoms with E-state index in [1.54, 1.807) is 11.7 Å². The summed E-state index contributed by atoms with van der Waals surface area (Å²) in [5, 5.41) is 0. The molecule has 0 spiro atoms. The molecular formula is C11H7F2NOS. The van der Waals surface area contributed by atoms with E-state index in [9.17, 15) is 13.6 Å². The van der Waals surface area contributed by atoms with E-state index in [1.807, 2.05) is 0 Å². The summed E-state index contributed by atoms with van der Waals surface area (Å²) in [5.74, 6) is -2.53. The fourth-order valence-corrected chi connectivity index (χ4v) is 1.90. The van der Waals surface area contributed by atoms with E-state index in [1.165, 1.54) is 23.5 Å². The van der Waals surface area contributed by atoms with Crippen molar-refractivity contribution < 1.29 is 13.6 Å².